The van der Waals surface area contributed by atoms with Crippen molar-refractivity contribution in [2.24, 2.45) is 5.73 Å². The fraction of sp³-hybridized carbons (Fsp3) is 0.438. The van der Waals surface area contributed by atoms with Crippen LogP contribution in [0.2, 0.25) is 0 Å². The summed E-state index contributed by atoms with van der Waals surface area (Å²) in [6, 6.07) is 4.37. The standard InChI is InChI=1S/C16H16N4O4S.ClH/c17-16(6-1-7-16)15-18-13(24-19-15)9-2-5-11-12(8-9)25(22,23)20(14(11)21)10-3-4-10;/h2,5,8,10H,1,3-4,6-7,17H2;1H. The highest BCUT2D eigenvalue weighted by molar-refractivity contribution is 7.90. The summed E-state index contributed by atoms with van der Waals surface area (Å²) in [6.45, 7) is 0. The molecule has 0 atom stereocenters. The first kappa shape index (κ1) is 17.4. The lowest BCUT2D eigenvalue weighted by molar-refractivity contribution is 0.0865. The summed E-state index contributed by atoms with van der Waals surface area (Å²) in [4.78, 5) is 16.7. The molecule has 2 aromatic rings. The second kappa shape index (κ2) is 5.51. The number of sulfonamides is 1. The van der Waals surface area contributed by atoms with E-state index in [0.29, 0.717) is 11.4 Å². The number of rotatable bonds is 3. The van der Waals surface area contributed by atoms with Crippen LogP contribution in [0, 0.1) is 0 Å². The van der Waals surface area contributed by atoms with Crippen molar-refractivity contribution in [3.05, 3.63) is 29.6 Å². The van der Waals surface area contributed by atoms with E-state index in [1.165, 1.54) is 12.1 Å². The number of carbonyl (C=O) groups excluding carboxylic acids is 1. The molecule has 2 heterocycles. The van der Waals surface area contributed by atoms with Crippen LogP contribution in [0.4, 0.5) is 0 Å². The number of nitrogens with zero attached hydrogens (tertiary/aromatic N) is 3. The van der Waals surface area contributed by atoms with Crippen molar-refractivity contribution in [1.29, 1.82) is 0 Å². The van der Waals surface area contributed by atoms with Gasteiger partial charge in [-0.1, -0.05) is 5.16 Å². The summed E-state index contributed by atoms with van der Waals surface area (Å²) in [5.41, 5.74) is 6.31. The summed E-state index contributed by atoms with van der Waals surface area (Å²) in [5, 5.41) is 3.95. The summed E-state index contributed by atoms with van der Waals surface area (Å²) in [5.74, 6) is 0.195. The van der Waals surface area contributed by atoms with Crippen molar-refractivity contribution < 1.29 is 17.7 Å². The van der Waals surface area contributed by atoms with E-state index in [1.807, 2.05) is 0 Å². The molecule has 138 valence electrons. The zero-order valence-corrected chi connectivity index (χ0v) is 15.3. The average Bonchev–Trinajstić information content (AvgIpc) is 3.20. The fourth-order valence-electron chi connectivity index (χ4n) is 3.37. The Morgan fingerprint density at radius 2 is 2.00 bits per heavy atom. The van der Waals surface area contributed by atoms with Gasteiger partial charge in [-0.2, -0.15) is 4.98 Å². The Balaban J connectivity index is 0.00000168. The molecule has 0 saturated heterocycles. The van der Waals surface area contributed by atoms with Crippen molar-refractivity contribution in [3.8, 4) is 11.5 Å². The van der Waals surface area contributed by atoms with Crippen LogP contribution in [0.5, 0.6) is 0 Å². The Labute approximate surface area is 156 Å². The van der Waals surface area contributed by atoms with E-state index in [4.69, 9.17) is 10.3 Å². The highest BCUT2D eigenvalue weighted by atomic mass is 35.5. The summed E-state index contributed by atoms with van der Waals surface area (Å²) in [6.07, 6.45) is 4.07. The Kier molecular flexibility index (Phi) is 3.70. The maximum atomic E-state index is 12.7. The number of carbonyl (C=O) groups is 1. The molecule has 2 fully saturated rings. The summed E-state index contributed by atoms with van der Waals surface area (Å²) in [7, 11) is -3.81. The zero-order chi connectivity index (χ0) is 17.4. The van der Waals surface area contributed by atoms with Crippen LogP contribution in [0.3, 0.4) is 0 Å². The second-order valence-corrected chi connectivity index (χ2v) is 8.76. The van der Waals surface area contributed by atoms with Crippen LogP contribution in [0.25, 0.3) is 11.5 Å². The predicted molar refractivity (Wildman–Crippen MR) is 93.1 cm³/mol. The third-order valence-electron chi connectivity index (χ3n) is 5.19. The second-order valence-electron chi connectivity index (χ2n) is 6.98. The molecule has 0 spiro atoms. The molecule has 1 amide bonds. The number of aromatic nitrogens is 2. The van der Waals surface area contributed by atoms with Gasteiger partial charge in [0.2, 0.25) is 0 Å². The van der Waals surface area contributed by atoms with Crippen molar-refractivity contribution in [1.82, 2.24) is 14.4 Å². The van der Waals surface area contributed by atoms with Gasteiger partial charge in [0, 0.05) is 11.6 Å². The van der Waals surface area contributed by atoms with Gasteiger partial charge in [0.1, 0.15) is 4.90 Å². The first-order chi connectivity index (χ1) is 11.9. The normalized spacial score (nSPS) is 22.5. The van der Waals surface area contributed by atoms with Gasteiger partial charge in [-0.15, -0.1) is 12.4 Å². The van der Waals surface area contributed by atoms with Gasteiger partial charge in [0.15, 0.2) is 5.82 Å². The highest BCUT2D eigenvalue weighted by Gasteiger charge is 2.49. The predicted octanol–water partition coefficient (Wildman–Crippen LogP) is 1.80. The van der Waals surface area contributed by atoms with Gasteiger partial charge in [-0.25, -0.2) is 12.7 Å². The van der Waals surface area contributed by atoms with Crippen LogP contribution >= 0.6 is 12.4 Å². The lowest BCUT2D eigenvalue weighted by Crippen LogP contribution is -2.44. The third-order valence-corrected chi connectivity index (χ3v) is 7.07. The van der Waals surface area contributed by atoms with Crippen molar-refractivity contribution >= 4 is 28.3 Å². The van der Waals surface area contributed by atoms with E-state index in [-0.39, 0.29) is 34.8 Å². The first-order valence-electron chi connectivity index (χ1n) is 8.26. The van der Waals surface area contributed by atoms with Crippen LogP contribution in [-0.2, 0) is 15.6 Å². The summed E-state index contributed by atoms with van der Waals surface area (Å²) >= 11 is 0. The Morgan fingerprint density at radius 1 is 1.27 bits per heavy atom. The topological polar surface area (TPSA) is 119 Å². The molecule has 2 aliphatic carbocycles. The Hall–Kier alpha value is -1.97. The highest BCUT2D eigenvalue weighted by Crippen LogP contribution is 2.41. The van der Waals surface area contributed by atoms with Crippen LogP contribution in [0.1, 0.15) is 48.3 Å². The molecule has 5 rings (SSSR count). The molecule has 0 unspecified atom stereocenters. The van der Waals surface area contributed by atoms with Crippen LogP contribution in [-0.4, -0.2) is 34.8 Å². The van der Waals surface area contributed by atoms with Gasteiger partial charge in [-0.05, 0) is 50.3 Å². The molecule has 1 aromatic heterocycles. The van der Waals surface area contributed by atoms with Crippen LogP contribution < -0.4 is 5.73 Å². The lowest BCUT2D eigenvalue weighted by Gasteiger charge is -2.34. The molecule has 1 aromatic carbocycles. The first-order valence-corrected chi connectivity index (χ1v) is 9.70. The van der Waals surface area contributed by atoms with Crippen molar-refractivity contribution in [2.45, 2.75) is 48.6 Å². The van der Waals surface area contributed by atoms with Crippen molar-refractivity contribution in [2.75, 3.05) is 0 Å². The number of benzene rings is 1. The molecule has 26 heavy (non-hydrogen) atoms. The lowest BCUT2D eigenvalue weighted by atomic mass is 9.77. The molecule has 8 nitrogen and oxygen atoms in total. The minimum atomic E-state index is -3.81. The van der Waals surface area contributed by atoms with Gasteiger partial charge < -0.3 is 10.3 Å². The molecule has 3 aliphatic rings. The molecule has 0 bridgehead atoms. The number of fused-ring (bicyclic) bond motifs is 1. The fourth-order valence-corrected chi connectivity index (χ4v) is 5.22. The van der Waals surface area contributed by atoms with E-state index >= 15 is 0 Å². The largest absolute Gasteiger partial charge is 0.334 e. The number of halogens is 1. The van der Waals surface area contributed by atoms with E-state index < -0.39 is 21.5 Å². The monoisotopic (exact) mass is 396 g/mol. The molecule has 2 N–H and O–H groups in total. The Bertz CT molecular complexity index is 1010. The SMILES string of the molecule is Cl.NC1(c2noc(-c3ccc4c(c3)S(=O)(=O)N(C3CC3)C4=O)n2)CCC1. The number of amides is 1. The quantitative estimate of drug-likeness (QED) is 0.839. The minimum absolute atomic E-state index is 0. The van der Waals surface area contributed by atoms with Gasteiger partial charge in [0.25, 0.3) is 21.8 Å². The smallest absolute Gasteiger partial charge is 0.269 e. The number of hydrogen-bond donors (Lipinski definition) is 1. The number of hydrogen-bond acceptors (Lipinski definition) is 7. The molecule has 2 saturated carbocycles. The van der Waals surface area contributed by atoms with E-state index in [1.54, 1.807) is 6.07 Å². The van der Waals surface area contributed by atoms with E-state index in [9.17, 15) is 13.2 Å². The number of nitrogens with two attached hydrogens (primary N) is 1. The maximum Gasteiger partial charge on any atom is 0.269 e. The van der Waals surface area contributed by atoms with Crippen LogP contribution in [0.15, 0.2) is 27.6 Å². The molecular formula is C16H17ClN4O4S. The van der Waals surface area contributed by atoms with E-state index in [2.05, 4.69) is 10.1 Å². The van der Waals surface area contributed by atoms with E-state index in [0.717, 1.165) is 36.4 Å². The zero-order valence-electron chi connectivity index (χ0n) is 13.7. The average molecular weight is 397 g/mol. The van der Waals surface area contributed by atoms with Gasteiger partial charge >= 0.3 is 0 Å². The third kappa shape index (κ3) is 2.30. The molecule has 0 radical (unpaired) electrons. The summed E-state index contributed by atoms with van der Waals surface area (Å²) < 4.78 is 31.7. The Morgan fingerprint density at radius 3 is 2.62 bits per heavy atom. The minimum Gasteiger partial charge on any atom is -0.334 e. The molecule has 10 heteroatoms. The maximum absolute atomic E-state index is 12.7. The van der Waals surface area contributed by atoms with Crippen molar-refractivity contribution in [3.63, 3.8) is 0 Å². The van der Waals surface area contributed by atoms with Gasteiger partial charge in [-0.3, -0.25) is 4.79 Å². The van der Waals surface area contributed by atoms with Gasteiger partial charge in [0.05, 0.1) is 11.1 Å². The molecule has 1 aliphatic heterocycles. The molecular weight excluding hydrogens is 380 g/mol.